The van der Waals surface area contributed by atoms with Crippen LogP contribution in [0.3, 0.4) is 0 Å². The SMILES string of the molecule is Cn1c(-c2cccs2)nc2c(Cl)nc(I)nc21. The number of nitrogens with zero attached hydrogens (tertiary/aromatic N) is 4. The van der Waals surface area contributed by atoms with Crippen LogP contribution in [0, 0.1) is 3.83 Å². The van der Waals surface area contributed by atoms with Gasteiger partial charge in [0, 0.05) is 29.6 Å². The molecule has 0 amide bonds. The highest BCUT2D eigenvalue weighted by Gasteiger charge is 2.15. The molecule has 3 rings (SSSR count). The van der Waals surface area contributed by atoms with Gasteiger partial charge >= 0.3 is 0 Å². The van der Waals surface area contributed by atoms with Crippen molar-refractivity contribution in [2.45, 2.75) is 0 Å². The first-order valence-corrected chi connectivity index (χ1v) is 7.10. The van der Waals surface area contributed by atoms with Gasteiger partial charge in [0.2, 0.25) is 0 Å². The highest BCUT2D eigenvalue weighted by atomic mass is 127. The summed E-state index contributed by atoms with van der Waals surface area (Å²) in [6.07, 6.45) is 0. The summed E-state index contributed by atoms with van der Waals surface area (Å²) in [5.41, 5.74) is 1.41. The number of hydrogen-bond acceptors (Lipinski definition) is 4. The smallest absolute Gasteiger partial charge is 0.194 e. The molecule has 0 aliphatic rings. The van der Waals surface area contributed by atoms with Gasteiger partial charge in [0.25, 0.3) is 0 Å². The molecule has 3 heterocycles. The van der Waals surface area contributed by atoms with Crippen LogP contribution in [0.2, 0.25) is 5.15 Å². The van der Waals surface area contributed by atoms with E-state index in [1.165, 1.54) is 0 Å². The maximum absolute atomic E-state index is 6.08. The fourth-order valence-electron chi connectivity index (χ4n) is 1.63. The van der Waals surface area contributed by atoms with E-state index in [4.69, 9.17) is 11.6 Å². The quantitative estimate of drug-likeness (QED) is 0.372. The van der Waals surface area contributed by atoms with E-state index in [0.717, 1.165) is 16.3 Å². The minimum atomic E-state index is 0.401. The number of hydrogen-bond donors (Lipinski definition) is 0. The summed E-state index contributed by atoms with van der Waals surface area (Å²) in [5.74, 6) is 0.869. The summed E-state index contributed by atoms with van der Waals surface area (Å²) in [6.45, 7) is 0. The van der Waals surface area contributed by atoms with Crippen molar-refractivity contribution in [1.82, 2.24) is 19.5 Å². The van der Waals surface area contributed by atoms with E-state index in [0.29, 0.717) is 14.5 Å². The zero-order chi connectivity index (χ0) is 12.0. The fourth-order valence-corrected chi connectivity index (χ4v) is 3.20. The maximum atomic E-state index is 6.08. The molecule has 0 unspecified atom stereocenters. The van der Waals surface area contributed by atoms with E-state index in [1.807, 2.05) is 51.7 Å². The first-order chi connectivity index (χ1) is 8.16. The van der Waals surface area contributed by atoms with Crippen LogP contribution in [-0.2, 0) is 7.05 Å². The molecule has 0 radical (unpaired) electrons. The molecule has 4 nitrogen and oxygen atoms in total. The minimum absolute atomic E-state index is 0.401. The van der Waals surface area contributed by atoms with E-state index in [1.54, 1.807) is 11.3 Å². The van der Waals surface area contributed by atoms with Crippen LogP contribution in [0.4, 0.5) is 0 Å². The van der Waals surface area contributed by atoms with Gasteiger partial charge in [-0.1, -0.05) is 17.7 Å². The Morgan fingerprint density at radius 3 is 2.88 bits per heavy atom. The van der Waals surface area contributed by atoms with Gasteiger partial charge in [-0.2, -0.15) is 0 Å². The molecule has 0 aliphatic carbocycles. The maximum Gasteiger partial charge on any atom is 0.194 e. The van der Waals surface area contributed by atoms with Crippen LogP contribution in [-0.4, -0.2) is 19.5 Å². The third-order valence-corrected chi connectivity index (χ3v) is 4.00. The predicted octanol–water partition coefficient (Wildman–Crippen LogP) is 3.35. The van der Waals surface area contributed by atoms with Crippen molar-refractivity contribution in [1.29, 1.82) is 0 Å². The van der Waals surface area contributed by atoms with Crippen molar-refractivity contribution < 1.29 is 0 Å². The Labute approximate surface area is 120 Å². The molecule has 3 aromatic rings. The lowest BCUT2D eigenvalue weighted by atomic mass is 10.4. The Morgan fingerprint density at radius 1 is 1.35 bits per heavy atom. The molecular weight excluding hydrogens is 371 g/mol. The zero-order valence-corrected chi connectivity index (χ0v) is 12.4. The average molecular weight is 377 g/mol. The molecular formula is C10H6ClIN4S. The first kappa shape index (κ1) is 11.4. The molecule has 3 aromatic heterocycles. The zero-order valence-electron chi connectivity index (χ0n) is 8.69. The second-order valence-corrected chi connectivity index (χ2v) is 5.70. The van der Waals surface area contributed by atoms with Crippen LogP contribution in [0.5, 0.6) is 0 Å². The molecule has 0 bridgehead atoms. The van der Waals surface area contributed by atoms with Crippen LogP contribution in [0.1, 0.15) is 0 Å². The normalized spacial score (nSPS) is 11.2. The monoisotopic (exact) mass is 376 g/mol. The van der Waals surface area contributed by atoms with Gasteiger partial charge in [-0.05, 0) is 11.4 Å². The molecule has 0 N–H and O–H groups in total. The number of thiophene rings is 1. The predicted molar refractivity (Wildman–Crippen MR) is 77.3 cm³/mol. The number of halogens is 2. The summed E-state index contributed by atoms with van der Waals surface area (Å²) >= 11 is 9.77. The Kier molecular flexibility index (Phi) is 2.80. The average Bonchev–Trinajstić information content (AvgIpc) is 2.87. The lowest BCUT2D eigenvalue weighted by Crippen LogP contribution is -1.95. The second-order valence-electron chi connectivity index (χ2n) is 3.43. The highest BCUT2D eigenvalue weighted by Crippen LogP contribution is 2.28. The lowest BCUT2D eigenvalue weighted by molar-refractivity contribution is 0.937. The molecule has 0 spiro atoms. The molecule has 7 heteroatoms. The summed E-state index contributed by atoms with van der Waals surface area (Å²) in [7, 11) is 1.93. The number of rotatable bonds is 1. The summed E-state index contributed by atoms with van der Waals surface area (Å²) < 4.78 is 2.57. The Morgan fingerprint density at radius 2 is 2.18 bits per heavy atom. The van der Waals surface area contributed by atoms with E-state index in [2.05, 4.69) is 15.0 Å². The van der Waals surface area contributed by atoms with Gasteiger partial charge < -0.3 is 4.57 Å². The molecule has 0 aliphatic heterocycles. The standard InChI is InChI=1S/C10H6ClIN4S/c1-16-8(5-3-2-4-17-5)13-6-7(11)14-10(12)15-9(6)16/h2-4H,1H3. The largest absolute Gasteiger partial charge is 0.311 e. The van der Waals surface area contributed by atoms with Crippen LogP contribution >= 0.6 is 45.5 Å². The Bertz CT molecular complexity index is 692. The van der Waals surface area contributed by atoms with Crippen LogP contribution in [0.15, 0.2) is 17.5 Å². The molecule has 0 saturated carbocycles. The number of aryl methyl sites for hydroxylation is 1. The van der Waals surface area contributed by atoms with Crippen molar-refractivity contribution in [2.24, 2.45) is 7.05 Å². The molecule has 0 aromatic carbocycles. The topological polar surface area (TPSA) is 43.6 Å². The Hall–Kier alpha value is -0.730. The van der Waals surface area contributed by atoms with Crippen molar-refractivity contribution in [3.8, 4) is 10.7 Å². The van der Waals surface area contributed by atoms with Gasteiger partial charge in [0.05, 0.1) is 4.88 Å². The molecule has 86 valence electrons. The van der Waals surface area contributed by atoms with Crippen LogP contribution < -0.4 is 0 Å². The van der Waals surface area contributed by atoms with Gasteiger partial charge in [-0.25, -0.2) is 15.0 Å². The van der Waals surface area contributed by atoms with Crippen molar-refractivity contribution in [3.05, 3.63) is 26.5 Å². The number of fused-ring (bicyclic) bond motifs is 1. The fraction of sp³-hybridized carbons (Fsp3) is 0.100. The lowest BCUT2D eigenvalue weighted by Gasteiger charge is -1.98. The van der Waals surface area contributed by atoms with Crippen LogP contribution in [0.25, 0.3) is 21.9 Å². The first-order valence-electron chi connectivity index (χ1n) is 4.76. The van der Waals surface area contributed by atoms with Crippen molar-refractivity contribution in [3.63, 3.8) is 0 Å². The third-order valence-electron chi connectivity index (χ3n) is 2.39. The van der Waals surface area contributed by atoms with Crippen molar-refractivity contribution in [2.75, 3.05) is 0 Å². The molecule has 17 heavy (non-hydrogen) atoms. The number of aromatic nitrogens is 4. The van der Waals surface area contributed by atoms with Gasteiger partial charge in [0.15, 0.2) is 20.5 Å². The van der Waals surface area contributed by atoms with E-state index >= 15 is 0 Å². The summed E-state index contributed by atoms with van der Waals surface area (Å²) in [4.78, 5) is 14.1. The van der Waals surface area contributed by atoms with Crippen molar-refractivity contribution >= 4 is 56.7 Å². The van der Waals surface area contributed by atoms with E-state index in [-0.39, 0.29) is 0 Å². The summed E-state index contributed by atoms with van der Waals surface area (Å²) in [6, 6.07) is 4.02. The van der Waals surface area contributed by atoms with E-state index < -0.39 is 0 Å². The summed E-state index contributed by atoms with van der Waals surface area (Å²) in [5, 5.41) is 2.42. The molecule has 0 saturated heterocycles. The second kappa shape index (κ2) is 4.18. The molecule has 0 atom stereocenters. The van der Waals surface area contributed by atoms with Gasteiger partial charge in [0.1, 0.15) is 5.52 Å². The number of imidazole rings is 1. The highest BCUT2D eigenvalue weighted by molar-refractivity contribution is 14.1. The third kappa shape index (κ3) is 1.84. The van der Waals surface area contributed by atoms with E-state index in [9.17, 15) is 0 Å². The minimum Gasteiger partial charge on any atom is -0.311 e. The van der Waals surface area contributed by atoms with Gasteiger partial charge in [-0.15, -0.1) is 11.3 Å². The molecule has 0 fully saturated rings. The van der Waals surface area contributed by atoms with Gasteiger partial charge in [-0.3, -0.25) is 0 Å². The Balaban J connectivity index is 2.36.